The Morgan fingerprint density at radius 2 is 1.55 bits per heavy atom. The molecule has 2 nitrogen and oxygen atoms in total. The SMILES string of the molecule is CCc1ccc(OC(=O)c2ccc(CC(C)CC)cc2)cc1. The zero-order chi connectivity index (χ0) is 15.9. The van der Waals surface area contributed by atoms with E-state index in [2.05, 4.69) is 20.8 Å². The van der Waals surface area contributed by atoms with Crippen LogP contribution in [-0.2, 0) is 12.8 Å². The first-order valence-electron chi connectivity index (χ1n) is 8.02. The van der Waals surface area contributed by atoms with E-state index < -0.39 is 0 Å². The standard InChI is InChI=1S/C20H24O2/c1-4-15(3)14-17-6-10-18(11-7-17)20(21)22-19-12-8-16(5-2)9-13-19/h6-13,15H,4-5,14H2,1-3H3. The molecule has 0 amide bonds. The molecular weight excluding hydrogens is 272 g/mol. The van der Waals surface area contributed by atoms with Crippen molar-refractivity contribution < 1.29 is 9.53 Å². The highest BCUT2D eigenvalue weighted by Gasteiger charge is 2.09. The van der Waals surface area contributed by atoms with Gasteiger partial charge in [0.2, 0.25) is 0 Å². The highest BCUT2D eigenvalue weighted by atomic mass is 16.5. The second-order valence-corrected chi connectivity index (χ2v) is 5.80. The summed E-state index contributed by atoms with van der Waals surface area (Å²) in [5.41, 5.74) is 3.08. The van der Waals surface area contributed by atoms with Crippen LogP contribution in [0.4, 0.5) is 0 Å². The number of ether oxygens (including phenoxy) is 1. The van der Waals surface area contributed by atoms with Crippen LogP contribution >= 0.6 is 0 Å². The summed E-state index contributed by atoms with van der Waals surface area (Å²) in [6.45, 7) is 6.53. The van der Waals surface area contributed by atoms with Crippen molar-refractivity contribution in [2.24, 2.45) is 5.92 Å². The summed E-state index contributed by atoms with van der Waals surface area (Å²) in [6, 6.07) is 15.4. The largest absolute Gasteiger partial charge is 0.423 e. The van der Waals surface area contributed by atoms with Gasteiger partial charge in [0.05, 0.1) is 5.56 Å². The molecule has 0 saturated heterocycles. The Balaban J connectivity index is 1.99. The van der Waals surface area contributed by atoms with E-state index in [4.69, 9.17) is 4.74 Å². The average molecular weight is 296 g/mol. The first-order valence-corrected chi connectivity index (χ1v) is 8.02. The van der Waals surface area contributed by atoms with E-state index in [1.165, 1.54) is 11.1 Å². The van der Waals surface area contributed by atoms with Crippen molar-refractivity contribution in [2.45, 2.75) is 40.0 Å². The van der Waals surface area contributed by atoms with E-state index in [-0.39, 0.29) is 5.97 Å². The van der Waals surface area contributed by atoms with Crippen molar-refractivity contribution in [1.29, 1.82) is 0 Å². The van der Waals surface area contributed by atoms with Gasteiger partial charge in [0.25, 0.3) is 0 Å². The molecule has 2 aromatic rings. The zero-order valence-corrected chi connectivity index (χ0v) is 13.6. The topological polar surface area (TPSA) is 26.3 Å². The molecule has 0 aliphatic carbocycles. The van der Waals surface area contributed by atoms with Gasteiger partial charge in [0.1, 0.15) is 5.75 Å². The molecule has 0 aliphatic heterocycles. The number of benzene rings is 2. The van der Waals surface area contributed by atoms with E-state index in [0.717, 1.165) is 19.3 Å². The molecular formula is C20H24O2. The minimum absolute atomic E-state index is 0.306. The summed E-state index contributed by atoms with van der Waals surface area (Å²) in [6.07, 6.45) is 3.19. The van der Waals surface area contributed by atoms with Crippen molar-refractivity contribution in [3.05, 3.63) is 65.2 Å². The Bertz CT molecular complexity index is 597. The number of carbonyl (C=O) groups excluding carboxylic acids is 1. The molecule has 1 atom stereocenters. The molecule has 0 heterocycles. The summed E-state index contributed by atoms with van der Waals surface area (Å²) in [7, 11) is 0. The number of aryl methyl sites for hydroxylation is 1. The van der Waals surface area contributed by atoms with E-state index in [0.29, 0.717) is 17.2 Å². The molecule has 116 valence electrons. The second-order valence-electron chi connectivity index (χ2n) is 5.80. The van der Waals surface area contributed by atoms with Crippen LogP contribution in [0.15, 0.2) is 48.5 Å². The normalized spacial score (nSPS) is 12.0. The molecule has 0 saturated carbocycles. The van der Waals surface area contributed by atoms with E-state index in [1.807, 2.05) is 48.5 Å². The van der Waals surface area contributed by atoms with Crippen LogP contribution in [0.3, 0.4) is 0 Å². The first-order chi connectivity index (χ1) is 10.6. The molecule has 22 heavy (non-hydrogen) atoms. The molecule has 0 aliphatic rings. The zero-order valence-electron chi connectivity index (χ0n) is 13.6. The average Bonchev–Trinajstić information content (AvgIpc) is 2.56. The maximum Gasteiger partial charge on any atom is 0.343 e. The Hall–Kier alpha value is -2.09. The van der Waals surface area contributed by atoms with Crippen LogP contribution in [0.5, 0.6) is 5.75 Å². The monoisotopic (exact) mass is 296 g/mol. The lowest BCUT2D eigenvalue weighted by atomic mass is 9.98. The summed E-state index contributed by atoms with van der Waals surface area (Å²) >= 11 is 0. The van der Waals surface area contributed by atoms with Gasteiger partial charge < -0.3 is 4.74 Å². The van der Waals surface area contributed by atoms with Gasteiger partial charge in [0.15, 0.2) is 0 Å². The maximum atomic E-state index is 12.1. The Labute approximate surface area is 133 Å². The first kappa shape index (κ1) is 16.3. The molecule has 2 rings (SSSR count). The van der Waals surface area contributed by atoms with E-state index in [1.54, 1.807) is 0 Å². The molecule has 0 radical (unpaired) electrons. The second kappa shape index (κ2) is 7.79. The molecule has 0 N–H and O–H groups in total. The van der Waals surface area contributed by atoms with Crippen molar-refractivity contribution >= 4 is 5.97 Å². The van der Waals surface area contributed by atoms with Gasteiger partial charge in [-0.25, -0.2) is 4.79 Å². The van der Waals surface area contributed by atoms with Crippen LogP contribution in [0.1, 0.15) is 48.7 Å². The Morgan fingerprint density at radius 1 is 0.955 bits per heavy atom. The van der Waals surface area contributed by atoms with Gasteiger partial charge >= 0.3 is 5.97 Å². The van der Waals surface area contributed by atoms with Crippen molar-refractivity contribution in [3.63, 3.8) is 0 Å². The highest BCUT2D eigenvalue weighted by molar-refractivity contribution is 5.91. The third-order valence-corrected chi connectivity index (χ3v) is 4.01. The summed E-state index contributed by atoms with van der Waals surface area (Å²) in [4.78, 5) is 12.1. The van der Waals surface area contributed by atoms with Crippen LogP contribution in [-0.4, -0.2) is 5.97 Å². The third-order valence-electron chi connectivity index (χ3n) is 4.01. The molecule has 2 aromatic carbocycles. The van der Waals surface area contributed by atoms with E-state index >= 15 is 0 Å². The number of carbonyl (C=O) groups is 1. The molecule has 0 aromatic heterocycles. The number of hydrogen-bond acceptors (Lipinski definition) is 2. The van der Waals surface area contributed by atoms with Gasteiger partial charge in [-0.1, -0.05) is 51.5 Å². The van der Waals surface area contributed by atoms with Crippen molar-refractivity contribution in [1.82, 2.24) is 0 Å². The smallest absolute Gasteiger partial charge is 0.343 e. The summed E-state index contributed by atoms with van der Waals surface area (Å²) in [5.74, 6) is 0.945. The van der Waals surface area contributed by atoms with Crippen molar-refractivity contribution in [2.75, 3.05) is 0 Å². The Kier molecular flexibility index (Phi) is 5.76. The van der Waals surface area contributed by atoms with E-state index in [9.17, 15) is 4.79 Å². The van der Waals surface area contributed by atoms with Gasteiger partial charge in [-0.3, -0.25) is 0 Å². The van der Waals surface area contributed by atoms with Gasteiger partial charge in [-0.15, -0.1) is 0 Å². The minimum atomic E-state index is -0.306. The fraction of sp³-hybridized carbons (Fsp3) is 0.350. The predicted octanol–water partition coefficient (Wildman–Crippen LogP) is 5.06. The predicted molar refractivity (Wildman–Crippen MR) is 90.4 cm³/mol. The number of hydrogen-bond donors (Lipinski definition) is 0. The lowest BCUT2D eigenvalue weighted by Gasteiger charge is -2.09. The maximum absolute atomic E-state index is 12.1. The molecule has 1 unspecified atom stereocenters. The fourth-order valence-electron chi connectivity index (χ4n) is 2.28. The minimum Gasteiger partial charge on any atom is -0.423 e. The van der Waals surface area contributed by atoms with Crippen LogP contribution in [0.25, 0.3) is 0 Å². The van der Waals surface area contributed by atoms with Crippen molar-refractivity contribution in [3.8, 4) is 5.75 Å². The molecule has 0 fully saturated rings. The Morgan fingerprint density at radius 3 is 2.09 bits per heavy atom. The molecule has 0 bridgehead atoms. The van der Waals surface area contributed by atoms with Gasteiger partial charge in [-0.2, -0.15) is 0 Å². The van der Waals surface area contributed by atoms with Crippen LogP contribution in [0.2, 0.25) is 0 Å². The van der Waals surface area contributed by atoms with Gasteiger partial charge in [0, 0.05) is 0 Å². The van der Waals surface area contributed by atoms with Crippen LogP contribution < -0.4 is 4.74 Å². The fourth-order valence-corrected chi connectivity index (χ4v) is 2.28. The highest BCUT2D eigenvalue weighted by Crippen LogP contribution is 2.16. The van der Waals surface area contributed by atoms with Crippen LogP contribution in [0, 0.1) is 5.92 Å². The quantitative estimate of drug-likeness (QED) is 0.550. The molecule has 2 heteroatoms. The number of esters is 1. The lowest BCUT2D eigenvalue weighted by molar-refractivity contribution is 0.0734. The van der Waals surface area contributed by atoms with Gasteiger partial charge in [-0.05, 0) is 54.2 Å². The molecule has 0 spiro atoms. The summed E-state index contributed by atoms with van der Waals surface area (Å²) in [5, 5.41) is 0. The lowest BCUT2D eigenvalue weighted by Crippen LogP contribution is -2.08. The third kappa shape index (κ3) is 4.45. The summed E-state index contributed by atoms with van der Waals surface area (Å²) < 4.78 is 5.40. The number of rotatable bonds is 6.